The first-order chi connectivity index (χ1) is 8.99. The minimum absolute atomic E-state index is 0.130. The molecule has 1 atom stereocenters. The molecule has 1 aromatic carbocycles. The smallest absolute Gasteiger partial charge is 0.323 e. The van der Waals surface area contributed by atoms with Crippen molar-refractivity contribution in [3.05, 3.63) is 29.8 Å². The first-order valence-corrected chi connectivity index (χ1v) is 6.16. The molecule has 0 radical (unpaired) electrons. The van der Waals surface area contributed by atoms with Crippen LogP contribution in [0.2, 0.25) is 0 Å². The monoisotopic (exact) mass is 265 g/mol. The number of amides is 1. The largest absolute Gasteiger partial charge is 0.497 e. The summed E-state index contributed by atoms with van der Waals surface area (Å²) in [5, 5.41) is 8.91. The van der Waals surface area contributed by atoms with Gasteiger partial charge in [0.2, 0.25) is 0 Å². The van der Waals surface area contributed by atoms with Crippen LogP contribution in [-0.2, 0) is 4.79 Å². The lowest BCUT2D eigenvalue weighted by Gasteiger charge is -2.27. The van der Waals surface area contributed by atoms with E-state index in [2.05, 4.69) is 0 Å². The molecule has 0 aliphatic carbocycles. The summed E-state index contributed by atoms with van der Waals surface area (Å²) >= 11 is 0. The van der Waals surface area contributed by atoms with E-state index in [1.165, 1.54) is 12.0 Å². The average Bonchev–Trinajstić information content (AvgIpc) is 2.43. The normalized spacial score (nSPS) is 11.7. The molecule has 0 saturated carbocycles. The van der Waals surface area contributed by atoms with Crippen molar-refractivity contribution in [3.8, 4) is 5.75 Å². The van der Waals surface area contributed by atoms with Gasteiger partial charge in [0, 0.05) is 11.6 Å². The zero-order valence-corrected chi connectivity index (χ0v) is 11.4. The molecule has 0 bridgehead atoms. The highest BCUT2D eigenvalue weighted by atomic mass is 16.5. The molecular formula is C14H19NO4. The number of carbonyl (C=O) groups excluding carboxylic acids is 1. The van der Waals surface area contributed by atoms with E-state index in [9.17, 15) is 9.59 Å². The molecule has 0 heterocycles. The zero-order valence-electron chi connectivity index (χ0n) is 11.4. The Labute approximate surface area is 112 Å². The number of ether oxygens (including phenoxy) is 1. The van der Waals surface area contributed by atoms with Crippen LogP contribution in [0.15, 0.2) is 24.3 Å². The Balaban J connectivity index is 3.00. The molecule has 0 spiro atoms. The molecule has 0 aromatic heterocycles. The minimum atomic E-state index is -1.02. The Morgan fingerprint density at radius 2 is 2.11 bits per heavy atom. The molecule has 1 amide bonds. The van der Waals surface area contributed by atoms with Crippen molar-refractivity contribution in [1.29, 1.82) is 0 Å². The Morgan fingerprint density at radius 1 is 1.42 bits per heavy atom. The van der Waals surface area contributed by atoms with Crippen LogP contribution in [0.4, 0.5) is 0 Å². The number of carbonyl (C=O) groups is 2. The minimum Gasteiger partial charge on any atom is -0.497 e. The first kappa shape index (κ1) is 15.0. The SMILES string of the molecule is CCC(C)N(CC(=O)O)C(=O)c1cccc(OC)c1. The lowest BCUT2D eigenvalue weighted by Crippen LogP contribution is -2.41. The second-order valence-corrected chi connectivity index (χ2v) is 4.32. The highest BCUT2D eigenvalue weighted by molar-refractivity contribution is 5.96. The van der Waals surface area contributed by atoms with Crippen molar-refractivity contribution in [2.75, 3.05) is 13.7 Å². The van der Waals surface area contributed by atoms with Crippen LogP contribution in [0.1, 0.15) is 30.6 Å². The number of benzene rings is 1. The molecule has 1 unspecified atom stereocenters. The molecule has 0 saturated heterocycles. The molecule has 1 aromatic rings. The van der Waals surface area contributed by atoms with Crippen molar-refractivity contribution < 1.29 is 19.4 Å². The molecule has 5 heteroatoms. The van der Waals surface area contributed by atoms with Crippen molar-refractivity contribution >= 4 is 11.9 Å². The van der Waals surface area contributed by atoms with Crippen molar-refractivity contribution in [2.45, 2.75) is 26.3 Å². The topological polar surface area (TPSA) is 66.8 Å². The van der Waals surface area contributed by atoms with E-state index < -0.39 is 5.97 Å². The number of carboxylic acid groups (broad SMARTS) is 1. The maximum atomic E-state index is 12.4. The first-order valence-electron chi connectivity index (χ1n) is 6.16. The van der Waals surface area contributed by atoms with Crippen LogP contribution in [-0.4, -0.2) is 41.6 Å². The fraction of sp³-hybridized carbons (Fsp3) is 0.429. The van der Waals surface area contributed by atoms with E-state index in [4.69, 9.17) is 9.84 Å². The number of methoxy groups -OCH3 is 1. The number of aliphatic carboxylic acids is 1. The third kappa shape index (κ3) is 3.98. The number of rotatable bonds is 6. The number of nitrogens with zero attached hydrogens (tertiary/aromatic N) is 1. The van der Waals surface area contributed by atoms with Gasteiger partial charge < -0.3 is 14.7 Å². The van der Waals surface area contributed by atoms with Gasteiger partial charge in [0.15, 0.2) is 0 Å². The Hall–Kier alpha value is -2.04. The number of hydrogen-bond acceptors (Lipinski definition) is 3. The second-order valence-electron chi connectivity index (χ2n) is 4.32. The Bertz CT molecular complexity index is 459. The fourth-order valence-corrected chi connectivity index (χ4v) is 1.72. The van der Waals surface area contributed by atoms with Crippen molar-refractivity contribution in [1.82, 2.24) is 4.90 Å². The van der Waals surface area contributed by atoms with Crippen molar-refractivity contribution in [2.24, 2.45) is 0 Å². The zero-order chi connectivity index (χ0) is 14.4. The summed E-state index contributed by atoms with van der Waals surface area (Å²) in [6.07, 6.45) is 0.697. The molecule has 1 rings (SSSR count). The maximum Gasteiger partial charge on any atom is 0.323 e. The molecular weight excluding hydrogens is 246 g/mol. The third-order valence-electron chi connectivity index (χ3n) is 3.01. The molecule has 104 valence electrons. The van der Waals surface area contributed by atoms with Gasteiger partial charge in [-0.2, -0.15) is 0 Å². The van der Waals surface area contributed by atoms with E-state index in [0.717, 1.165) is 0 Å². The lowest BCUT2D eigenvalue weighted by molar-refractivity contribution is -0.138. The van der Waals surface area contributed by atoms with E-state index in [1.54, 1.807) is 24.3 Å². The van der Waals surface area contributed by atoms with E-state index in [0.29, 0.717) is 17.7 Å². The molecule has 19 heavy (non-hydrogen) atoms. The van der Waals surface area contributed by atoms with Crippen LogP contribution >= 0.6 is 0 Å². The van der Waals surface area contributed by atoms with Gasteiger partial charge in [0.05, 0.1) is 7.11 Å². The van der Waals surface area contributed by atoms with Crippen LogP contribution in [0.25, 0.3) is 0 Å². The molecule has 0 aliphatic rings. The van der Waals surface area contributed by atoms with Crippen LogP contribution in [0.3, 0.4) is 0 Å². The molecule has 0 aliphatic heterocycles. The molecule has 1 N–H and O–H groups in total. The maximum absolute atomic E-state index is 12.4. The Kier molecular flexibility index (Phi) is 5.36. The van der Waals surface area contributed by atoms with Gasteiger partial charge >= 0.3 is 5.97 Å². The summed E-state index contributed by atoms with van der Waals surface area (Å²) in [5.41, 5.74) is 0.431. The van der Waals surface area contributed by atoms with Gasteiger partial charge in [0.1, 0.15) is 12.3 Å². The highest BCUT2D eigenvalue weighted by Crippen LogP contribution is 2.16. The summed E-state index contributed by atoms with van der Waals surface area (Å²) in [6.45, 7) is 3.45. The quantitative estimate of drug-likeness (QED) is 0.854. The van der Waals surface area contributed by atoms with Crippen LogP contribution in [0.5, 0.6) is 5.75 Å². The fourth-order valence-electron chi connectivity index (χ4n) is 1.72. The van der Waals surface area contributed by atoms with Gasteiger partial charge in [0.25, 0.3) is 5.91 Å². The van der Waals surface area contributed by atoms with Gasteiger partial charge in [-0.15, -0.1) is 0 Å². The summed E-state index contributed by atoms with van der Waals surface area (Å²) in [6, 6.07) is 6.58. The van der Waals surface area contributed by atoms with Crippen LogP contribution in [0, 0.1) is 0 Å². The summed E-state index contributed by atoms with van der Waals surface area (Å²) in [5.74, 6) is -0.738. The van der Waals surface area contributed by atoms with Gasteiger partial charge in [-0.25, -0.2) is 0 Å². The molecule has 5 nitrogen and oxygen atoms in total. The van der Waals surface area contributed by atoms with Crippen molar-refractivity contribution in [3.63, 3.8) is 0 Å². The average molecular weight is 265 g/mol. The van der Waals surface area contributed by atoms with Gasteiger partial charge in [-0.05, 0) is 31.5 Å². The predicted octanol–water partition coefficient (Wildman–Crippen LogP) is 2.02. The van der Waals surface area contributed by atoms with E-state index in [-0.39, 0.29) is 18.5 Å². The van der Waals surface area contributed by atoms with E-state index >= 15 is 0 Å². The Morgan fingerprint density at radius 3 is 2.63 bits per heavy atom. The molecule has 0 fully saturated rings. The van der Waals surface area contributed by atoms with Gasteiger partial charge in [-0.3, -0.25) is 9.59 Å². The van der Waals surface area contributed by atoms with E-state index in [1.807, 2.05) is 13.8 Å². The number of hydrogen-bond donors (Lipinski definition) is 1. The lowest BCUT2D eigenvalue weighted by atomic mass is 10.1. The standard InChI is InChI=1S/C14H19NO4/c1-4-10(2)15(9-13(16)17)14(18)11-6-5-7-12(8-11)19-3/h5-8,10H,4,9H2,1-3H3,(H,16,17). The third-order valence-corrected chi connectivity index (χ3v) is 3.01. The summed E-state index contributed by atoms with van der Waals surface area (Å²) < 4.78 is 5.07. The second kappa shape index (κ2) is 6.78. The van der Waals surface area contributed by atoms with Crippen LogP contribution < -0.4 is 4.74 Å². The summed E-state index contributed by atoms with van der Waals surface area (Å²) in [7, 11) is 1.52. The predicted molar refractivity (Wildman–Crippen MR) is 71.4 cm³/mol. The van der Waals surface area contributed by atoms with Gasteiger partial charge in [-0.1, -0.05) is 13.0 Å². The number of carboxylic acids is 1. The summed E-state index contributed by atoms with van der Waals surface area (Å²) in [4.78, 5) is 24.6. The highest BCUT2D eigenvalue weighted by Gasteiger charge is 2.23.